The second-order valence-corrected chi connectivity index (χ2v) is 7.76. The van der Waals surface area contributed by atoms with E-state index in [0.29, 0.717) is 13.1 Å². The molecule has 1 aliphatic heterocycles. The summed E-state index contributed by atoms with van der Waals surface area (Å²) >= 11 is 1.02. The number of sulfonamides is 1. The molecule has 1 saturated heterocycles. The second-order valence-electron chi connectivity index (χ2n) is 5.50. The van der Waals surface area contributed by atoms with Gasteiger partial charge in [0.1, 0.15) is 4.90 Å². The number of piperidine rings is 1. The van der Waals surface area contributed by atoms with Gasteiger partial charge in [-0.1, -0.05) is 4.49 Å². The maximum atomic E-state index is 12.7. The van der Waals surface area contributed by atoms with Crippen molar-refractivity contribution in [2.75, 3.05) is 23.5 Å². The van der Waals surface area contributed by atoms with Crippen molar-refractivity contribution >= 4 is 39.0 Å². The predicted octanol–water partition coefficient (Wildman–Crippen LogP) is 1.55. The number of nitrogen functional groups attached to an aromatic ring is 1. The summed E-state index contributed by atoms with van der Waals surface area (Å²) in [5, 5.41) is 5.13. The minimum atomic E-state index is -3.99. The van der Waals surface area contributed by atoms with Gasteiger partial charge in [-0.05, 0) is 49.0 Å². The number of carbonyl (C=O) groups excluding carboxylic acids is 1. The van der Waals surface area contributed by atoms with E-state index in [1.54, 1.807) is 4.90 Å². The van der Waals surface area contributed by atoms with Crippen molar-refractivity contribution in [3.63, 3.8) is 0 Å². The van der Waals surface area contributed by atoms with Gasteiger partial charge in [0.25, 0.3) is 15.9 Å². The van der Waals surface area contributed by atoms with E-state index in [0.717, 1.165) is 30.8 Å². The first kappa shape index (κ1) is 16.7. The van der Waals surface area contributed by atoms with Crippen LogP contribution < -0.4 is 10.5 Å². The molecule has 8 nitrogen and oxygen atoms in total. The molecular formula is C14H17N5O3S2. The molecule has 128 valence electrons. The number of likely N-dealkylation sites (tertiary alicyclic amines) is 1. The fourth-order valence-electron chi connectivity index (χ4n) is 2.61. The molecule has 2 aromatic rings. The van der Waals surface area contributed by atoms with Crippen LogP contribution >= 0.6 is 11.5 Å². The largest absolute Gasteiger partial charge is 0.399 e. The average molecular weight is 367 g/mol. The van der Waals surface area contributed by atoms with Crippen LogP contribution in [-0.2, 0) is 10.0 Å². The van der Waals surface area contributed by atoms with Gasteiger partial charge in [0.2, 0.25) is 0 Å². The van der Waals surface area contributed by atoms with Crippen LogP contribution in [0.3, 0.4) is 0 Å². The predicted molar refractivity (Wildman–Crippen MR) is 91.3 cm³/mol. The van der Waals surface area contributed by atoms with Crippen LogP contribution in [0.25, 0.3) is 0 Å². The third-order valence-electron chi connectivity index (χ3n) is 3.77. The normalized spacial score (nSPS) is 15.2. The smallest absolute Gasteiger partial charge is 0.263 e. The van der Waals surface area contributed by atoms with Crippen LogP contribution in [0.4, 0.5) is 11.5 Å². The molecule has 1 aromatic carbocycles. The number of carbonyl (C=O) groups is 1. The second kappa shape index (κ2) is 6.73. The number of amides is 1. The number of hydrogen-bond acceptors (Lipinski definition) is 7. The molecule has 0 atom stereocenters. The van der Waals surface area contributed by atoms with Gasteiger partial charge in [0, 0.05) is 18.8 Å². The lowest BCUT2D eigenvalue weighted by Crippen LogP contribution is -2.36. The van der Waals surface area contributed by atoms with E-state index < -0.39 is 10.0 Å². The summed E-state index contributed by atoms with van der Waals surface area (Å²) in [6.45, 7) is 1.26. The number of benzene rings is 1. The van der Waals surface area contributed by atoms with Crippen molar-refractivity contribution in [3.05, 3.63) is 29.1 Å². The topological polar surface area (TPSA) is 118 Å². The first-order valence-corrected chi connectivity index (χ1v) is 9.78. The summed E-state index contributed by atoms with van der Waals surface area (Å²) in [6, 6.07) is 4.28. The minimum absolute atomic E-state index is 0.110. The van der Waals surface area contributed by atoms with Crippen molar-refractivity contribution < 1.29 is 13.2 Å². The van der Waals surface area contributed by atoms with Crippen molar-refractivity contribution in [2.45, 2.75) is 24.2 Å². The summed E-state index contributed by atoms with van der Waals surface area (Å²) in [5.41, 5.74) is 6.11. The van der Waals surface area contributed by atoms with Crippen LogP contribution in [-0.4, -0.2) is 41.9 Å². The Morgan fingerprint density at radius 3 is 2.67 bits per heavy atom. The van der Waals surface area contributed by atoms with Gasteiger partial charge < -0.3 is 10.6 Å². The Kier molecular flexibility index (Phi) is 4.67. The molecule has 0 aliphatic carbocycles. The van der Waals surface area contributed by atoms with E-state index in [1.807, 2.05) is 0 Å². The Morgan fingerprint density at radius 2 is 2.00 bits per heavy atom. The van der Waals surface area contributed by atoms with Crippen molar-refractivity contribution in [1.29, 1.82) is 0 Å². The lowest BCUT2D eigenvalue weighted by molar-refractivity contribution is 0.0720. The molecule has 0 bridgehead atoms. The molecule has 0 spiro atoms. The van der Waals surface area contributed by atoms with Gasteiger partial charge >= 0.3 is 0 Å². The number of aromatic nitrogens is 2. The average Bonchev–Trinajstić information content (AvgIpc) is 3.07. The van der Waals surface area contributed by atoms with Crippen LogP contribution in [0, 0.1) is 0 Å². The Balaban J connectivity index is 1.97. The molecule has 0 radical (unpaired) electrons. The fourth-order valence-corrected chi connectivity index (χ4v) is 4.29. The lowest BCUT2D eigenvalue weighted by atomic mass is 10.1. The lowest BCUT2D eigenvalue weighted by Gasteiger charge is -2.27. The summed E-state index contributed by atoms with van der Waals surface area (Å²) < 4.78 is 31.3. The summed E-state index contributed by atoms with van der Waals surface area (Å²) in [7, 11) is -3.99. The monoisotopic (exact) mass is 367 g/mol. The zero-order valence-electron chi connectivity index (χ0n) is 12.8. The number of nitrogens with two attached hydrogens (primary N) is 1. The van der Waals surface area contributed by atoms with Gasteiger partial charge in [-0.25, -0.2) is 8.42 Å². The first-order chi connectivity index (χ1) is 11.5. The van der Waals surface area contributed by atoms with E-state index in [4.69, 9.17) is 5.73 Å². The highest BCUT2D eigenvalue weighted by molar-refractivity contribution is 7.92. The molecule has 3 N–H and O–H groups in total. The SMILES string of the molecule is Nc1ccc(C(=O)N2CCCCC2)c(S(=O)(=O)Nc2csnn2)c1. The maximum absolute atomic E-state index is 12.7. The number of anilines is 2. The van der Waals surface area contributed by atoms with Crippen LogP contribution in [0.5, 0.6) is 0 Å². The van der Waals surface area contributed by atoms with Gasteiger partial charge in [-0.3, -0.25) is 9.52 Å². The summed E-state index contributed by atoms with van der Waals surface area (Å²) in [6.07, 6.45) is 2.92. The van der Waals surface area contributed by atoms with Crippen LogP contribution in [0.1, 0.15) is 29.6 Å². The first-order valence-electron chi connectivity index (χ1n) is 7.46. The number of rotatable bonds is 4. The molecule has 24 heavy (non-hydrogen) atoms. The molecule has 3 rings (SSSR count). The highest BCUT2D eigenvalue weighted by Gasteiger charge is 2.27. The van der Waals surface area contributed by atoms with Crippen molar-refractivity contribution in [3.8, 4) is 0 Å². The summed E-state index contributed by atoms with van der Waals surface area (Å²) in [5.74, 6) is -0.190. The van der Waals surface area contributed by atoms with Gasteiger partial charge in [-0.2, -0.15) is 0 Å². The van der Waals surface area contributed by atoms with Gasteiger partial charge in [-0.15, -0.1) is 5.10 Å². The molecular weight excluding hydrogens is 350 g/mol. The highest BCUT2D eigenvalue weighted by Crippen LogP contribution is 2.24. The van der Waals surface area contributed by atoms with E-state index in [2.05, 4.69) is 14.3 Å². The third-order valence-corrected chi connectivity index (χ3v) is 5.67. The number of nitrogens with zero attached hydrogens (tertiary/aromatic N) is 3. The Labute approximate surface area is 143 Å². The zero-order valence-corrected chi connectivity index (χ0v) is 14.4. The minimum Gasteiger partial charge on any atom is -0.399 e. The Morgan fingerprint density at radius 1 is 1.25 bits per heavy atom. The zero-order chi connectivity index (χ0) is 17.2. The molecule has 2 heterocycles. The van der Waals surface area contributed by atoms with E-state index in [1.165, 1.54) is 23.6 Å². The highest BCUT2D eigenvalue weighted by atomic mass is 32.2. The molecule has 0 saturated carbocycles. The molecule has 1 aromatic heterocycles. The van der Waals surface area contributed by atoms with E-state index in [9.17, 15) is 13.2 Å². The quantitative estimate of drug-likeness (QED) is 0.792. The number of nitrogens with one attached hydrogen (secondary N) is 1. The Bertz CT molecular complexity index is 830. The molecule has 1 aliphatic rings. The standard InChI is InChI=1S/C14H17N5O3S2/c15-10-4-5-11(14(20)19-6-2-1-3-7-19)12(8-10)24(21,22)17-13-9-23-18-16-13/h4-5,8-9,17H,1-3,6-7,15H2. The molecule has 1 fully saturated rings. The molecule has 1 amide bonds. The molecule has 0 unspecified atom stereocenters. The van der Waals surface area contributed by atoms with Crippen molar-refractivity contribution in [1.82, 2.24) is 14.5 Å². The van der Waals surface area contributed by atoms with E-state index >= 15 is 0 Å². The Hall–Kier alpha value is -2.20. The van der Waals surface area contributed by atoms with Gasteiger partial charge in [0.15, 0.2) is 5.82 Å². The van der Waals surface area contributed by atoms with Crippen molar-refractivity contribution in [2.24, 2.45) is 0 Å². The fraction of sp³-hybridized carbons (Fsp3) is 0.357. The van der Waals surface area contributed by atoms with Gasteiger partial charge in [0.05, 0.1) is 10.9 Å². The molecule has 10 heteroatoms. The van der Waals surface area contributed by atoms with Crippen LogP contribution in [0.2, 0.25) is 0 Å². The summed E-state index contributed by atoms with van der Waals surface area (Å²) in [4.78, 5) is 14.3. The van der Waals surface area contributed by atoms with Crippen LogP contribution in [0.15, 0.2) is 28.5 Å². The number of hydrogen-bond donors (Lipinski definition) is 2. The van der Waals surface area contributed by atoms with E-state index in [-0.39, 0.29) is 27.9 Å². The third kappa shape index (κ3) is 3.49. The maximum Gasteiger partial charge on any atom is 0.263 e.